The van der Waals surface area contributed by atoms with Gasteiger partial charge in [0.2, 0.25) is 0 Å². The minimum Gasteiger partial charge on any atom is -0.345 e. The van der Waals surface area contributed by atoms with Crippen LogP contribution in [0.5, 0.6) is 0 Å². The van der Waals surface area contributed by atoms with Crippen molar-refractivity contribution >= 4 is 33.2 Å². The molecule has 0 saturated carbocycles. The van der Waals surface area contributed by atoms with Crippen molar-refractivity contribution in [3.05, 3.63) is 56.2 Å². The maximum absolute atomic E-state index is 13.6. The third kappa shape index (κ3) is 3.39. The summed E-state index contributed by atoms with van der Waals surface area (Å²) in [5.41, 5.74) is 0.760. The molecule has 100 valence electrons. The third-order valence-corrected chi connectivity index (χ3v) is 4.11. The predicted molar refractivity (Wildman–Crippen MR) is 74.3 cm³/mol. The molecule has 0 aliphatic carbocycles. The summed E-state index contributed by atoms with van der Waals surface area (Å²) in [5.74, 6) is -1.60. The summed E-state index contributed by atoms with van der Waals surface area (Å²) in [5, 5.41) is 4.37. The Kier molecular flexibility index (Phi) is 4.31. The molecule has 0 aliphatic heterocycles. The van der Waals surface area contributed by atoms with Crippen LogP contribution in [0.4, 0.5) is 8.78 Å². The molecule has 1 aromatic heterocycles. The average molecular weight is 346 g/mol. The van der Waals surface area contributed by atoms with E-state index in [1.54, 1.807) is 18.4 Å². The number of halogens is 3. The van der Waals surface area contributed by atoms with Crippen LogP contribution in [0.3, 0.4) is 0 Å². The van der Waals surface area contributed by atoms with E-state index >= 15 is 0 Å². The van der Waals surface area contributed by atoms with Gasteiger partial charge in [0.25, 0.3) is 5.91 Å². The Morgan fingerprint density at radius 1 is 1.37 bits per heavy atom. The first-order valence-corrected chi connectivity index (χ1v) is 7.14. The van der Waals surface area contributed by atoms with Gasteiger partial charge in [-0.2, -0.15) is 0 Å². The Bertz CT molecular complexity index is 614. The van der Waals surface area contributed by atoms with E-state index in [9.17, 15) is 13.6 Å². The molecule has 0 saturated heterocycles. The van der Waals surface area contributed by atoms with Gasteiger partial charge in [0, 0.05) is 17.0 Å². The molecule has 1 heterocycles. The van der Waals surface area contributed by atoms with Crippen molar-refractivity contribution < 1.29 is 13.6 Å². The zero-order valence-corrected chi connectivity index (χ0v) is 12.3. The lowest BCUT2D eigenvalue weighted by molar-refractivity contribution is 0.0940. The normalized spacial score (nSPS) is 12.2. The minimum absolute atomic E-state index is 0.254. The molecule has 6 heteroatoms. The van der Waals surface area contributed by atoms with Gasteiger partial charge in [-0.1, -0.05) is 6.07 Å². The summed E-state index contributed by atoms with van der Waals surface area (Å²) >= 11 is 4.66. The second-order valence-electron chi connectivity index (χ2n) is 4.00. The van der Waals surface area contributed by atoms with Gasteiger partial charge in [0.15, 0.2) is 0 Å². The quantitative estimate of drug-likeness (QED) is 0.883. The molecule has 0 aliphatic rings. The second-order valence-corrected chi connectivity index (χ2v) is 6.29. The SMILES string of the molecule is CC(NC(=O)c1csc(Br)c1)c1ccc(F)cc1F. The highest BCUT2D eigenvalue weighted by Crippen LogP contribution is 2.22. The summed E-state index contributed by atoms with van der Waals surface area (Å²) in [6.07, 6.45) is 0. The molecule has 0 spiro atoms. The number of thiophene rings is 1. The molecular weight excluding hydrogens is 336 g/mol. The number of rotatable bonds is 3. The Balaban J connectivity index is 2.12. The molecule has 0 fully saturated rings. The fourth-order valence-electron chi connectivity index (χ4n) is 1.64. The van der Waals surface area contributed by atoms with Crippen LogP contribution in [0.25, 0.3) is 0 Å². The molecule has 19 heavy (non-hydrogen) atoms. The van der Waals surface area contributed by atoms with Gasteiger partial charge in [-0.15, -0.1) is 11.3 Å². The molecule has 0 radical (unpaired) electrons. The topological polar surface area (TPSA) is 29.1 Å². The molecule has 0 bridgehead atoms. The molecule has 1 N–H and O–H groups in total. The third-order valence-electron chi connectivity index (χ3n) is 2.61. The second kappa shape index (κ2) is 5.79. The average Bonchev–Trinajstić information content (AvgIpc) is 2.75. The molecule has 2 nitrogen and oxygen atoms in total. The van der Waals surface area contributed by atoms with Crippen molar-refractivity contribution in [1.29, 1.82) is 0 Å². The molecule has 2 aromatic rings. The number of hydrogen-bond acceptors (Lipinski definition) is 2. The molecular formula is C13H10BrF2NOS. The van der Waals surface area contributed by atoms with Crippen LogP contribution in [0.2, 0.25) is 0 Å². The number of carbonyl (C=O) groups is 1. The maximum atomic E-state index is 13.6. The van der Waals surface area contributed by atoms with Crippen LogP contribution in [0.15, 0.2) is 33.4 Å². The lowest BCUT2D eigenvalue weighted by atomic mass is 10.1. The van der Waals surface area contributed by atoms with Gasteiger partial charge in [0.05, 0.1) is 15.4 Å². The Morgan fingerprint density at radius 3 is 2.68 bits per heavy atom. The summed E-state index contributed by atoms with van der Waals surface area (Å²) < 4.78 is 27.2. The van der Waals surface area contributed by atoms with E-state index in [4.69, 9.17) is 0 Å². The summed E-state index contributed by atoms with van der Waals surface area (Å²) in [6, 6.07) is 4.46. The monoisotopic (exact) mass is 345 g/mol. The van der Waals surface area contributed by atoms with Gasteiger partial charge in [-0.25, -0.2) is 8.78 Å². The number of amides is 1. The van der Waals surface area contributed by atoms with E-state index < -0.39 is 17.7 Å². The first-order chi connectivity index (χ1) is 8.97. The summed E-state index contributed by atoms with van der Waals surface area (Å²) in [4.78, 5) is 11.9. The van der Waals surface area contributed by atoms with Gasteiger partial charge in [-0.05, 0) is 35.0 Å². The van der Waals surface area contributed by atoms with Crippen LogP contribution >= 0.6 is 27.3 Å². The summed E-state index contributed by atoms with van der Waals surface area (Å²) in [6.45, 7) is 1.65. The highest BCUT2D eigenvalue weighted by Gasteiger charge is 2.16. The van der Waals surface area contributed by atoms with E-state index in [0.29, 0.717) is 5.56 Å². The zero-order chi connectivity index (χ0) is 14.0. The number of carbonyl (C=O) groups excluding carboxylic acids is 1. The van der Waals surface area contributed by atoms with Crippen LogP contribution < -0.4 is 5.32 Å². The Hall–Kier alpha value is -1.27. The highest BCUT2D eigenvalue weighted by molar-refractivity contribution is 9.11. The van der Waals surface area contributed by atoms with Crippen molar-refractivity contribution in [1.82, 2.24) is 5.32 Å². The van der Waals surface area contributed by atoms with Crippen LogP contribution in [-0.2, 0) is 0 Å². The molecule has 1 amide bonds. The predicted octanol–water partition coefficient (Wildman–Crippen LogP) is 4.28. The fraction of sp³-hybridized carbons (Fsp3) is 0.154. The lowest BCUT2D eigenvalue weighted by Gasteiger charge is -2.14. The van der Waals surface area contributed by atoms with Crippen LogP contribution in [0.1, 0.15) is 28.9 Å². The number of nitrogens with one attached hydrogen (secondary N) is 1. The zero-order valence-electron chi connectivity index (χ0n) is 9.91. The molecule has 1 aromatic carbocycles. The lowest BCUT2D eigenvalue weighted by Crippen LogP contribution is -2.26. The van der Waals surface area contributed by atoms with Crippen LogP contribution in [-0.4, -0.2) is 5.91 Å². The van der Waals surface area contributed by atoms with Crippen molar-refractivity contribution in [3.8, 4) is 0 Å². The first kappa shape index (κ1) is 14.1. The van der Waals surface area contributed by atoms with Crippen LogP contribution in [0, 0.1) is 11.6 Å². The minimum atomic E-state index is -0.667. The van der Waals surface area contributed by atoms with E-state index in [-0.39, 0.29) is 11.5 Å². The van der Waals surface area contributed by atoms with Crippen molar-refractivity contribution in [3.63, 3.8) is 0 Å². The van der Waals surface area contributed by atoms with Gasteiger partial charge >= 0.3 is 0 Å². The largest absolute Gasteiger partial charge is 0.345 e. The molecule has 1 unspecified atom stereocenters. The molecule has 1 atom stereocenters. The Labute approximate surface area is 121 Å². The van der Waals surface area contributed by atoms with Gasteiger partial charge in [0.1, 0.15) is 11.6 Å². The van der Waals surface area contributed by atoms with Gasteiger partial charge in [-0.3, -0.25) is 4.79 Å². The highest BCUT2D eigenvalue weighted by atomic mass is 79.9. The van der Waals surface area contributed by atoms with E-state index in [1.807, 2.05) is 0 Å². The smallest absolute Gasteiger partial charge is 0.252 e. The van der Waals surface area contributed by atoms with E-state index in [2.05, 4.69) is 21.2 Å². The first-order valence-electron chi connectivity index (χ1n) is 5.47. The number of hydrogen-bond donors (Lipinski definition) is 1. The van der Waals surface area contributed by atoms with Crippen molar-refractivity contribution in [2.75, 3.05) is 0 Å². The van der Waals surface area contributed by atoms with E-state index in [1.165, 1.54) is 23.5 Å². The Morgan fingerprint density at radius 2 is 2.11 bits per heavy atom. The maximum Gasteiger partial charge on any atom is 0.252 e. The van der Waals surface area contributed by atoms with E-state index in [0.717, 1.165) is 9.85 Å². The van der Waals surface area contributed by atoms with Crippen molar-refractivity contribution in [2.24, 2.45) is 0 Å². The molecule has 2 rings (SSSR count). The fourth-order valence-corrected chi connectivity index (χ4v) is 2.78. The van der Waals surface area contributed by atoms with Gasteiger partial charge < -0.3 is 5.32 Å². The number of benzene rings is 1. The standard InChI is InChI=1S/C13H10BrF2NOS/c1-7(10-3-2-9(15)5-11(10)16)17-13(18)8-4-12(14)19-6-8/h2-7H,1H3,(H,17,18). The van der Waals surface area contributed by atoms with Crippen molar-refractivity contribution in [2.45, 2.75) is 13.0 Å². The summed E-state index contributed by atoms with van der Waals surface area (Å²) in [7, 11) is 0.